The topological polar surface area (TPSA) is 162 Å². The number of carbonyl (C=O) groups is 3. The summed E-state index contributed by atoms with van der Waals surface area (Å²) in [6.45, 7) is 2.87. The molecule has 2 aromatic rings. The molecule has 1 aliphatic rings. The molecular weight excluding hydrogens is 450 g/mol. The molecule has 0 radical (unpaired) electrons. The highest BCUT2D eigenvalue weighted by Crippen LogP contribution is 2.10. The first-order valence-corrected chi connectivity index (χ1v) is 11.4. The van der Waals surface area contributed by atoms with E-state index in [1.165, 1.54) is 5.56 Å². The van der Waals surface area contributed by atoms with E-state index in [1.807, 2.05) is 30.3 Å². The summed E-state index contributed by atoms with van der Waals surface area (Å²) < 4.78 is 5.54. The average Bonchev–Trinajstić information content (AvgIpc) is 2.83. The van der Waals surface area contributed by atoms with Gasteiger partial charge in [-0.05, 0) is 43.0 Å². The van der Waals surface area contributed by atoms with Gasteiger partial charge in [-0.15, -0.1) is 0 Å². The Balaban J connectivity index is 0.00000100. The molecule has 1 saturated heterocycles. The number of hydrazine groups is 1. The monoisotopic (exact) mass is 483 g/mol. The van der Waals surface area contributed by atoms with E-state index >= 15 is 0 Å². The van der Waals surface area contributed by atoms with Crippen LogP contribution in [0.4, 0.5) is 0 Å². The standard InChI is InChI=1S/C23H29N5O3.C2H4O2/c24-22(25)19-10-8-18(9-11-19)16-26-21(29)15-20-23(30)28(13-14-31-20)27-12-4-7-17-5-2-1-3-6-17;1-2(3)4/h1-3,5-6,8-11,20,27H,4,7,12-16H2,(H3,24,25)(H,26,29);1H3,(H,3,4)/t20-;/m1./s1. The van der Waals surface area contributed by atoms with Crippen LogP contribution in [0.3, 0.4) is 0 Å². The zero-order chi connectivity index (χ0) is 25.6. The van der Waals surface area contributed by atoms with Crippen molar-refractivity contribution in [2.24, 2.45) is 5.73 Å². The molecular formula is C25H33N5O5. The van der Waals surface area contributed by atoms with Gasteiger partial charge in [0.05, 0.1) is 25.1 Å². The SMILES string of the molecule is CC(=O)[O-].NC(=[NH2+])c1ccc(CNC(=O)C[C@H]2OCCN(NCCCc3ccccc3)C2=O)cc1. The van der Waals surface area contributed by atoms with E-state index in [9.17, 15) is 9.59 Å². The first-order valence-electron chi connectivity index (χ1n) is 11.4. The fourth-order valence-electron chi connectivity index (χ4n) is 3.35. The molecule has 1 atom stereocenters. The predicted molar refractivity (Wildman–Crippen MR) is 128 cm³/mol. The van der Waals surface area contributed by atoms with Crippen molar-refractivity contribution in [3.05, 3.63) is 71.3 Å². The second-order valence-electron chi connectivity index (χ2n) is 7.97. The fraction of sp³-hybridized carbons (Fsp3) is 0.360. The summed E-state index contributed by atoms with van der Waals surface area (Å²) in [6, 6.07) is 17.5. The summed E-state index contributed by atoms with van der Waals surface area (Å²) >= 11 is 0. The highest BCUT2D eigenvalue weighted by atomic mass is 16.5. The highest BCUT2D eigenvalue weighted by Gasteiger charge is 2.31. The van der Waals surface area contributed by atoms with Crippen LogP contribution in [-0.4, -0.2) is 54.4 Å². The number of rotatable bonds is 10. The fourth-order valence-corrected chi connectivity index (χ4v) is 3.35. The molecule has 1 aliphatic heterocycles. The number of nitrogens with zero attached hydrogens (tertiary/aromatic N) is 1. The third-order valence-electron chi connectivity index (χ3n) is 5.11. The van der Waals surface area contributed by atoms with E-state index in [0.717, 1.165) is 30.9 Å². The number of hydrogen-bond acceptors (Lipinski definition) is 6. The smallest absolute Gasteiger partial charge is 0.270 e. The van der Waals surface area contributed by atoms with Crippen molar-refractivity contribution in [3.8, 4) is 0 Å². The Morgan fingerprint density at radius 3 is 2.43 bits per heavy atom. The van der Waals surface area contributed by atoms with Crippen LogP contribution >= 0.6 is 0 Å². The third-order valence-corrected chi connectivity index (χ3v) is 5.11. The number of hydrogen-bond donors (Lipinski definition) is 4. The van der Waals surface area contributed by atoms with E-state index in [0.29, 0.717) is 26.2 Å². The van der Waals surface area contributed by atoms with Crippen molar-refractivity contribution in [1.29, 1.82) is 0 Å². The number of amidine groups is 1. The maximum atomic E-state index is 12.6. The molecule has 10 heteroatoms. The van der Waals surface area contributed by atoms with Gasteiger partial charge in [0.25, 0.3) is 11.7 Å². The number of carbonyl (C=O) groups excluding carboxylic acids is 3. The second kappa shape index (κ2) is 14.5. The van der Waals surface area contributed by atoms with Gasteiger partial charge in [-0.25, -0.2) is 5.43 Å². The molecule has 0 saturated carbocycles. The number of benzene rings is 2. The van der Waals surface area contributed by atoms with Crippen LogP contribution < -0.4 is 27.0 Å². The maximum Gasteiger partial charge on any atom is 0.270 e. The van der Waals surface area contributed by atoms with Gasteiger partial charge < -0.3 is 20.0 Å². The molecule has 0 spiro atoms. The Labute approximate surface area is 204 Å². The minimum absolute atomic E-state index is 0.0113. The number of aliphatic carboxylic acids is 1. The van der Waals surface area contributed by atoms with Gasteiger partial charge in [0.15, 0.2) is 0 Å². The van der Waals surface area contributed by atoms with Gasteiger partial charge in [-0.3, -0.25) is 25.7 Å². The van der Waals surface area contributed by atoms with Crippen molar-refractivity contribution < 1.29 is 29.6 Å². The largest absolute Gasteiger partial charge is 0.550 e. The number of nitrogens with one attached hydrogen (secondary N) is 2. The average molecular weight is 484 g/mol. The molecule has 10 nitrogen and oxygen atoms in total. The molecule has 2 aromatic carbocycles. The van der Waals surface area contributed by atoms with Crippen LogP contribution in [0.25, 0.3) is 0 Å². The van der Waals surface area contributed by atoms with Gasteiger partial charge in [0, 0.05) is 19.1 Å². The van der Waals surface area contributed by atoms with Crippen LogP contribution in [0, 0.1) is 0 Å². The molecule has 1 heterocycles. The van der Waals surface area contributed by atoms with Gasteiger partial charge in [-0.2, -0.15) is 0 Å². The summed E-state index contributed by atoms with van der Waals surface area (Å²) in [4.78, 5) is 33.8. The van der Waals surface area contributed by atoms with Crippen LogP contribution in [0.1, 0.15) is 36.5 Å². The van der Waals surface area contributed by atoms with Crippen LogP contribution in [0.5, 0.6) is 0 Å². The summed E-state index contributed by atoms with van der Waals surface area (Å²) in [7, 11) is 0. The molecule has 0 bridgehead atoms. The molecule has 35 heavy (non-hydrogen) atoms. The summed E-state index contributed by atoms with van der Waals surface area (Å²) in [6.07, 6.45) is 1.06. The first kappa shape index (κ1) is 27.5. The van der Waals surface area contributed by atoms with Gasteiger partial charge in [0.1, 0.15) is 6.10 Å². The number of carboxylic acids is 1. The maximum absolute atomic E-state index is 12.6. The van der Waals surface area contributed by atoms with Crippen LogP contribution in [-0.2, 0) is 32.1 Å². The Morgan fingerprint density at radius 1 is 1.14 bits per heavy atom. The molecule has 0 unspecified atom stereocenters. The predicted octanol–water partition coefficient (Wildman–Crippen LogP) is -1.72. The molecule has 0 aromatic heterocycles. The lowest BCUT2D eigenvalue weighted by Crippen LogP contribution is -2.55. The normalized spacial score (nSPS) is 15.1. The zero-order valence-electron chi connectivity index (χ0n) is 19.9. The third kappa shape index (κ3) is 10.4. The number of amides is 2. The number of ether oxygens (including phenoxy) is 1. The van der Waals surface area contributed by atoms with Crippen molar-refractivity contribution in [2.75, 3.05) is 19.7 Å². The molecule has 188 valence electrons. The van der Waals surface area contributed by atoms with Crippen molar-refractivity contribution in [2.45, 2.75) is 38.8 Å². The minimum Gasteiger partial charge on any atom is -0.550 e. The lowest BCUT2D eigenvalue weighted by Gasteiger charge is -2.32. The number of aryl methyl sites for hydroxylation is 1. The zero-order valence-corrected chi connectivity index (χ0v) is 19.9. The summed E-state index contributed by atoms with van der Waals surface area (Å²) in [5, 5.41) is 18.8. The molecule has 0 aliphatic carbocycles. The van der Waals surface area contributed by atoms with Crippen molar-refractivity contribution >= 4 is 23.6 Å². The summed E-state index contributed by atoms with van der Waals surface area (Å²) in [5.41, 5.74) is 11.6. The molecule has 2 amide bonds. The Bertz CT molecular complexity index is 978. The van der Waals surface area contributed by atoms with Crippen molar-refractivity contribution in [1.82, 2.24) is 15.8 Å². The molecule has 3 rings (SSSR count). The molecule has 1 fully saturated rings. The summed E-state index contributed by atoms with van der Waals surface area (Å²) in [5.74, 6) is -1.28. The van der Waals surface area contributed by atoms with E-state index in [4.69, 9.17) is 25.8 Å². The number of morpholine rings is 1. The number of nitrogens with two attached hydrogens (primary N) is 2. The van der Waals surface area contributed by atoms with Crippen LogP contribution in [0.15, 0.2) is 54.6 Å². The highest BCUT2D eigenvalue weighted by molar-refractivity contribution is 5.92. The van der Waals surface area contributed by atoms with Gasteiger partial charge >= 0.3 is 0 Å². The first-order chi connectivity index (χ1) is 16.8. The second-order valence-corrected chi connectivity index (χ2v) is 7.97. The Hall–Kier alpha value is -3.76. The quantitative estimate of drug-likeness (QED) is 0.177. The molecule has 6 N–H and O–H groups in total. The lowest BCUT2D eigenvalue weighted by atomic mass is 10.1. The Kier molecular flexibility index (Phi) is 11.4. The Morgan fingerprint density at radius 2 is 1.80 bits per heavy atom. The van der Waals surface area contributed by atoms with Crippen LogP contribution in [0.2, 0.25) is 0 Å². The van der Waals surface area contributed by atoms with Crippen molar-refractivity contribution in [3.63, 3.8) is 0 Å². The van der Waals surface area contributed by atoms with E-state index < -0.39 is 12.1 Å². The van der Waals surface area contributed by atoms with Gasteiger partial charge in [0.2, 0.25) is 5.91 Å². The lowest BCUT2D eigenvalue weighted by molar-refractivity contribution is -0.302. The van der Waals surface area contributed by atoms with E-state index in [-0.39, 0.29) is 24.1 Å². The van der Waals surface area contributed by atoms with Gasteiger partial charge in [-0.1, -0.05) is 42.5 Å². The minimum atomic E-state index is -1.08. The van der Waals surface area contributed by atoms with E-state index in [1.54, 1.807) is 17.1 Å². The number of carboxylic acid groups (broad SMARTS) is 1. The van der Waals surface area contributed by atoms with E-state index in [2.05, 4.69) is 22.9 Å².